The largest absolute Gasteiger partial charge is 0.352 e. The van der Waals surface area contributed by atoms with Gasteiger partial charge < -0.3 is 5.32 Å². The normalized spacial score (nSPS) is 11.5. The highest BCUT2D eigenvalue weighted by molar-refractivity contribution is 5.98. The summed E-state index contributed by atoms with van der Waals surface area (Å²) >= 11 is 0. The molecule has 0 fully saturated rings. The third kappa shape index (κ3) is 4.67. The summed E-state index contributed by atoms with van der Waals surface area (Å²) in [6.07, 6.45) is 0. The van der Waals surface area contributed by atoms with Crippen LogP contribution in [0.15, 0.2) is 82.4 Å². The zero-order chi connectivity index (χ0) is 26.1. The molecule has 1 amide bonds. The fourth-order valence-electron chi connectivity index (χ4n) is 4.26. The van der Waals surface area contributed by atoms with Crippen LogP contribution < -0.4 is 16.6 Å². The van der Waals surface area contributed by atoms with Crippen LogP contribution in [0.25, 0.3) is 16.7 Å². The molecule has 0 spiro atoms. The molecule has 5 aromatic rings. The van der Waals surface area contributed by atoms with Crippen molar-refractivity contribution < 1.29 is 9.18 Å². The van der Waals surface area contributed by atoms with Gasteiger partial charge in [-0.05, 0) is 35.7 Å². The van der Waals surface area contributed by atoms with Crippen molar-refractivity contribution in [3.8, 4) is 0 Å². The smallest absolute Gasteiger partial charge is 0.352 e. The lowest BCUT2D eigenvalue weighted by molar-refractivity contribution is 0.0949. The Kier molecular flexibility index (Phi) is 6.43. The minimum atomic E-state index is -0.537. The maximum absolute atomic E-state index is 14.4. The van der Waals surface area contributed by atoms with E-state index in [4.69, 9.17) is 0 Å². The minimum Gasteiger partial charge on any atom is -0.352 e. The van der Waals surface area contributed by atoms with Gasteiger partial charge in [0.25, 0.3) is 11.5 Å². The van der Waals surface area contributed by atoms with Gasteiger partial charge in [0.2, 0.25) is 5.78 Å². The van der Waals surface area contributed by atoms with E-state index in [1.54, 1.807) is 30.3 Å². The van der Waals surface area contributed by atoms with Crippen molar-refractivity contribution in [3.05, 3.63) is 116 Å². The van der Waals surface area contributed by atoms with Crippen molar-refractivity contribution in [2.45, 2.75) is 26.9 Å². The fraction of sp³-hybridized carbons (Fsp3) is 0.214. The number of nitrogens with one attached hydrogen (secondary N) is 1. The number of carbonyl (C=O) groups is 1. The molecular formula is C28H26FN5O3. The quantitative estimate of drug-likeness (QED) is 0.372. The van der Waals surface area contributed by atoms with E-state index >= 15 is 0 Å². The number of halogens is 1. The predicted molar refractivity (Wildman–Crippen MR) is 139 cm³/mol. The Morgan fingerprint density at radius 1 is 0.973 bits per heavy atom. The van der Waals surface area contributed by atoms with E-state index < -0.39 is 11.5 Å². The Bertz CT molecular complexity index is 1730. The second-order valence-corrected chi connectivity index (χ2v) is 9.38. The summed E-state index contributed by atoms with van der Waals surface area (Å²) in [5.74, 6) is -0.380. The van der Waals surface area contributed by atoms with Gasteiger partial charge in [-0.15, -0.1) is 5.10 Å². The van der Waals surface area contributed by atoms with Gasteiger partial charge in [0.15, 0.2) is 0 Å². The van der Waals surface area contributed by atoms with Crippen molar-refractivity contribution in [1.82, 2.24) is 24.1 Å². The number of hydrogen-bond acceptors (Lipinski definition) is 4. The molecule has 0 radical (unpaired) electrons. The van der Waals surface area contributed by atoms with Gasteiger partial charge in [-0.3, -0.25) is 14.2 Å². The molecule has 37 heavy (non-hydrogen) atoms. The van der Waals surface area contributed by atoms with Crippen LogP contribution in [-0.4, -0.2) is 31.2 Å². The van der Waals surface area contributed by atoms with E-state index in [2.05, 4.69) is 10.4 Å². The van der Waals surface area contributed by atoms with Crippen LogP contribution in [-0.2, 0) is 13.1 Å². The monoisotopic (exact) mass is 499 g/mol. The van der Waals surface area contributed by atoms with Gasteiger partial charge >= 0.3 is 5.69 Å². The molecule has 0 bridgehead atoms. The highest BCUT2D eigenvalue weighted by Gasteiger charge is 2.20. The Morgan fingerprint density at radius 2 is 1.70 bits per heavy atom. The van der Waals surface area contributed by atoms with Gasteiger partial charge in [-0.1, -0.05) is 62.4 Å². The molecule has 2 heterocycles. The van der Waals surface area contributed by atoms with Crippen LogP contribution in [0.5, 0.6) is 0 Å². The number of benzene rings is 3. The van der Waals surface area contributed by atoms with Gasteiger partial charge in [0.1, 0.15) is 5.82 Å². The SMILES string of the molecule is CC(C)CNC(=O)c1ccc2c(=O)n(Cc3ccccc3)c3nn(Cc4ccccc4F)c(=O)n3c2c1. The molecular weight excluding hydrogens is 473 g/mol. The first-order valence-corrected chi connectivity index (χ1v) is 12.0. The molecule has 2 aromatic heterocycles. The lowest BCUT2D eigenvalue weighted by atomic mass is 10.1. The van der Waals surface area contributed by atoms with Crippen molar-refractivity contribution in [2.75, 3.05) is 6.54 Å². The summed E-state index contributed by atoms with van der Waals surface area (Å²) in [4.78, 5) is 40.0. The van der Waals surface area contributed by atoms with Gasteiger partial charge in [-0.25, -0.2) is 18.3 Å². The first kappa shape index (κ1) is 24.2. The molecule has 8 nitrogen and oxygen atoms in total. The fourth-order valence-corrected chi connectivity index (χ4v) is 4.26. The summed E-state index contributed by atoms with van der Waals surface area (Å²) in [7, 11) is 0. The summed E-state index contributed by atoms with van der Waals surface area (Å²) in [6.45, 7) is 4.55. The van der Waals surface area contributed by atoms with E-state index in [1.165, 1.54) is 21.1 Å². The van der Waals surface area contributed by atoms with Crippen LogP contribution in [0.3, 0.4) is 0 Å². The third-order valence-corrected chi connectivity index (χ3v) is 6.17. The number of rotatable bonds is 7. The number of carbonyl (C=O) groups excluding carboxylic acids is 1. The molecule has 0 aliphatic rings. The van der Waals surface area contributed by atoms with Crippen LogP contribution in [0.1, 0.15) is 35.3 Å². The number of aromatic nitrogens is 4. The van der Waals surface area contributed by atoms with Crippen molar-refractivity contribution >= 4 is 22.6 Å². The Hall–Kier alpha value is -4.53. The molecule has 188 valence electrons. The summed E-state index contributed by atoms with van der Waals surface area (Å²) < 4.78 is 18.3. The molecule has 0 saturated carbocycles. The van der Waals surface area contributed by atoms with E-state index in [9.17, 15) is 18.8 Å². The maximum atomic E-state index is 14.4. The standard InChI is InChI=1S/C28H26FN5O3/c1-18(2)15-30-25(35)20-12-13-22-24(14-20)34-27(32(26(22)36)16-19-8-4-3-5-9-19)31-33(28(34)37)17-21-10-6-7-11-23(21)29/h3-14,18H,15-17H2,1-2H3,(H,30,35). The van der Waals surface area contributed by atoms with Crippen molar-refractivity contribution in [1.29, 1.82) is 0 Å². The van der Waals surface area contributed by atoms with E-state index in [1.807, 2.05) is 44.2 Å². The van der Waals surface area contributed by atoms with Crippen molar-refractivity contribution in [3.63, 3.8) is 0 Å². The molecule has 3 aromatic carbocycles. The number of nitrogens with zero attached hydrogens (tertiary/aromatic N) is 4. The Morgan fingerprint density at radius 3 is 2.43 bits per heavy atom. The van der Waals surface area contributed by atoms with Gasteiger partial charge in [-0.2, -0.15) is 0 Å². The Labute approximate surface area is 211 Å². The zero-order valence-corrected chi connectivity index (χ0v) is 20.5. The van der Waals surface area contributed by atoms with Gasteiger partial charge in [0.05, 0.1) is 24.0 Å². The summed E-state index contributed by atoms with van der Waals surface area (Å²) in [6, 6.07) is 20.2. The van der Waals surface area contributed by atoms with E-state index in [-0.39, 0.29) is 47.2 Å². The number of fused-ring (bicyclic) bond motifs is 3. The third-order valence-electron chi connectivity index (χ3n) is 6.17. The molecule has 5 rings (SSSR count). The minimum absolute atomic E-state index is 0.108. The van der Waals surface area contributed by atoms with Crippen LogP contribution in [0.2, 0.25) is 0 Å². The molecule has 9 heteroatoms. The molecule has 0 saturated heterocycles. The topological polar surface area (TPSA) is 90.4 Å². The summed E-state index contributed by atoms with van der Waals surface area (Å²) in [5, 5.41) is 7.58. The Balaban J connectivity index is 1.73. The van der Waals surface area contributed by atoms with Crippen LogP contribution in [0, 0.1) is 11.7 Å². The molecule has 0 aliphatic heterocycles. The molecule has 0 atom stereocenters. The highest BCUT2D eigenvalue weighted by atomic mass is 19.1. The van der Waals surface area contributed by atoms with Crippen molar-refractivity contribution in [2.24, 2.45) is 5.92 Å². The average molecular weight is 500 g/mol. The maximum Gasteiger partial charge on any atom is 0.352 e. The van der Waals surface area contributed by atoms with E-state index in [0.29, 0.717) is 17.7 Å². The van der Waals surface area contributed by atoms with Crippen LogP contribution >= 0.6 is 0 Å². The molecule has 0 aliphatic carbocycles. The average Bonchev–Trinajstić information content (AvgIpc) is 3.22. The highest BCUT2D eigenvalue weighted by Crippen LogP contribution is 2.16. The zero-order valence-electron chi connectivity index (χ0n) is 20.5. The first-order valence-electron chi connectivity index (χ1n) is 12.0. The molecule has 0 unspecified atom stereocenters. The number of hydrogen-bond donors (Lipinski definition) is 1. The second-order valence-electron chi connectivity index (χ2n) is 9.38. The lowest BCUT2D eigenvalue weighted by Gasteiger charge is -2.11. The predicted octanol–water partition coefficient (Wildman–Crippen LogP) is 3.43. The first-order chi connectivity index (χ1) is 17.8. The molecule has 1 N–H and O–H groups in total. The lowest BCUT2D eigenvalue weighted by Crippen LogP contribution is -2.29. The van der Waals surface area contributed by atoms with E-state index in [0.717, 1.165) is 10.2 Å². The van der Waals surface area contributed by atoms with Crippen LogP contribution in [0.4, 0.5) is 4.39 Å². The van der Waals surface area contributed by atoms with Gasteiger partial charge in [0, 0.05) is 17.7 Å². The number of amides is 1. The summed E-state index contributed by atoms with van der Waals surface area (Å²) in [5.41, 5.74) is 0.859. The second kappa shape index (κ2) is 9.85.